The summed E-state index contributed by atoms with van der Waals surface area (Å²) in [6, 6.07) is 0. The monoisotopic (exact) mass is 373 g/mol. The zero-order chi connectivity index (χ0) is 3.41. The van der Waals surface area contributed by atoms with Crippen LogP contribution in [0.3, 0.4) is 0 Å². The minimum Gasteiger partial charge on any atom is -0.419 e. The van der Waals surface area contributed by atoms with E-state index in [2.05, 4.69) is 6.58 Å². The maximum absolute atomic E-state index is 8.93. The topological polar surface area (TPSA) is 17.1 Å². The van der Waals surface area contributed by atoms with Crippen LogP contribution >= 0.6 is 0 Å². The molecule has 1 nitrogen and oxygen atoms in total. The predicted octanol–water partition coefficient (Wildman–Crippen LogP) is 0.275. The van der Waals surface area contributed by atoms with Gasteiger partial charge in [0.2, 0.25) is 0 Å². The minimum absolute atomic E-state index is 0. The summed E-state index contributed by atoms with van der Waals surface area (Å²) < 4.78 is 0. The van der Waals surface area contributed by atoms with Gasteiger partial charge in [0.15, 0.2) is 0 Å². The molecule has 4 heteroatoms. The molecule has 0 aromatic carbocycles. The van der Waals surface area contributed by atoms with Gasteiger partial charge in [-0.3, -0.25) is 0 Å². The maximum atomic E-state index is 8.93. The molecule has 0 saturated carbocycles. The van der Waals surface area contributed by atoms with E-state index in [1.807, 2.05) is 0 Å². The van der Waals surface area contributed by atoms with Crippen molar-refractivity contribution in [2.75, 3.05) is 0 Å². The van der Waals surface area contributed by atoms with Gasteiger partial charge >= 0.3 is 22.4 Å². The van der Waals surface area contributed by atoms with Gasteiger partial charge in [-0.05, 0) is 6.29 Å². The Balaban J connectivity index is -0.0000000150. The molecule has 0 saturated heterocycles. The van der Waals surface area contributed by atoms with E-state index in [4.69, 9.17) is 4.79 Å². The molecule has 0 spiro atoms. The standard InChI is InChI=1S/C3H3O.Au.Cu.Ni/c1-2-3-4;;;/h2H,1H2;;;/q-1;+1;;. The van der Waals surface area contributed by atoms with Crippen molar-refractivity contribution >= 4 is 6.29 Å². The molecule has 0 rings (SSSR count). The van der Waals surface area contributed by atoms with Crippen molar-refractivity contribution in [1.29, 1.82) is 0 Å². The second kappa shape index (κ2) is 27.2. The van der Waals surface area contributed by atoms with Gasteiger partial charge in [0.1, 0.15) is 0 Å². The van der Waals surface area contributed by atoms with E-state index in [0.717, 1.165) is 6.08 Å². The Morgan fingerprint density at radius 3 is 1.71 bits per heavy atom. The Bertz CT molecular complexity index is 35.9. The first kappa shape index (κ1) is 24.2. The number of rotatable bonds is 1. The molecule has 0 aliphatic heterocycles. The Labute approximate surface area is 79.2 Å². The molecule has 0 fully saturated rings. The molecule has 0 unspecified atom stereocenters. The largest absolute Gasteiger partial charge is 1.00 e. The molecular formula is C3H3AuCuNiO. The van der Waals surface area contributed by atoms with Gasteiger partial charge in [0.25, 0.3) is 0 Å². The van der Waals surface area contributed by atoms with Gasteiger partial charge in [-0.25, -0.2) is 12.7 Å². The van der Waals surface area contributed by atoms with Crippen LogP contribution in [0.4, 0.5) is 0 Å². The van der Waals surface area contributed by atoms with E-state index < -0.39 is 0 Å². The quantitative estimate of drug-likeness (QED) is 0.366. The van der Waals surface area contributed by atoms with Crippen LogP contribution in [0.25, 0.3) is 0 Å². The van der Waals surface area contributed by atoms with E-state index in [-0.39, 0.29) is 55.9 Å². The number of allylic oxidation sites excluding steroid dienone is 1. The van der Waals surface area contributed by atoms with Crippen molar-refractivity contribution < 1.29 is 60.7 Å². The molecule has 0 aromatic rings. The second-order valence-corrected chi connectivity index (χ2v) is 0.322. The van der Waals surface area contributed by atoms with Crippen molar-refractivity contribution in [2.45, 2.75) is 0 Å². The first-order chi connectivity index (χ1) is 1.91. The van der Waals surface area contributed by atoms with Crippen LogP contribution in [0.2, 0.25) is 0 Å². The van der Waals surface area contributed by atoms with Crippen molar-refractivity contribution in [1.82, 2.24) is 0 Å². The van der Waals surface area contributed by atoms with Crippen LogP contribution in [0.5, 0.6) is 0 Å². The fourth-order valence-electron chi connectivity index (χ4n) is 0. The van der Waals surface area contributed by atoms with E-state index in [9.17, 15) is 0 Å². The third-order valence-corrected chi connectivity index (χ3v) is 0.0833. The zero-order valence-electron chi connectivity index (χ0n) is 3.11. The normalized spacial score (nSPS) is 2.86. The molecule has 0 bridgehead atoms. The summed E-state index contributed by atoms with van der Waals surface area (Å²) in [4.78, 5) is 8.93. The summed E-state index contributed by atoms with van der Waals surface area (Å²) in [5, 5.41) is 0. The molecule has 0 aliphatic carbocycles. The summed E-state index contributed by atoms with van der Waals surface area (Å²) >= 11 is 0. The fourth-order valence-corrected chi connectivity index (χ4v) is 0. The van der Waals surface area contributed by atoms with Crippen LogP contribution in [0.15, 0.2) is 12.7 Å². The van der Waals surface area contributed by atoms with Crippen molar-refractivity contribution in [3.8, 4) is 0 Å². The molecule has 53 valence electrons. The second-order valence-electron chi connectivity index (χ2n) is 0.322. The number of hydrogen-bond donors (Lipinski definition) is 0. The van der Waals surface area contributed by atoms with Gasteiger partial charge in [-0.2, -0.15) is 0 Å². The summed E-state index contributed by atoms with van der Waals surface area (Å²) in [7, 11) is 0. The van der Waals surface area contributed by atoms with Crippen LogP contribution < -0.4 is 0 Å². The summed E-state index contributed by atoms with van der Waals surface area (Å²) in [6.45, 7) is 3.06. The van der Waals surface area contributed by atoms with Crippen molar-refractivity contribution in [3.63, 3.8) is 0 Å². The smallest absolute Gasteiger partial charge is 0.419 e. The van der Waals surface area contributed by atoms with E-state index >= 15 is 0 Å². The molecule has 0 aromatic heterocycles. The van der Waals surface area contributed by atoms with E-state index in [1.165, 1.54) is 6.29 Å². The maximum Gasteiger partial charge on any atom is 1.00 e. The molecular weight excluding hydrogens is 371 g/mol. The molecule has 0 atom stereocenters. The zero-order valence-corrected chi connectivity index (χ0v) is 7.21. The van der Waals surface area contributed by atoms with E-state index in [0.29, 0.717) is 0 Å². The molecule has 0 amide bonds. The average molecular weight is 374 g/mol. The van der Waals surface area contributed by atoms with Crippen LogP contribution in [0.1, 0.15) is 0 Å². The SMILES string of the molecule is C=C[C-]=O.[Au+].[Cu].[Ni]. The first-order valence-corrected chi connectivity index (χ1v) is 0.901. The third-order valence-electron chi connectivity index (χ3n) is 0.0833. The first-order valence-electron chi connectivity index (χ1n) is 0.901. The predicted molar refractivity (Wildman–Crippen MR) is 15.9 cm³/mol. The molecule has 0 heterocycles. The third kappa shape index (κ3) is 40.8. The van der Waals surface area contributed by atoms with Crippen molar-refractivity contribution in [2.24, 2.45) is 0 Å². The average Bonchev–Trinajstić information content (AvgIpc) is 1.37. The molecule has 7 heavy (non-hydrogen) atoms. The van der Waals surface area contributed by atoms with Crippen molar-refractivity contribution in [3.05, 3.63) is 12.7 Å². The van der Waals surface area contributed by atoms with Gasteiger partial charge in [0, 0.05) is 33.6 Å². The Hall–Kier alpha value is 1.16. The van der Waals surface area contributed by atoms with Crippen LogP contribution in [0, 0.1) is 0 Å². The Morgan fingerprint density at radius 2 is 1.71 bits per heavy atom. The van der Waals surface area contributed by atoms with Gasteiger partial charge in [0.05, 0.1) is 0 Å². The van der Waals surface area contributed by atoms with Gasteiger partial charge < -0.3 is 4.79 Å². The summed E-state index contributed by atoms with van der Waals surface area (Å²) in [6.07, 6.45) is 2.51. The van der Waals surface area contributed by atoms with Gasteiger partial charge in [-0.15, -0.1) is 0 Å². The molecule has 0 N–H and O–H groups in total. The van der Waals surface area contributed by atoms with E-state index in [1.54, 1.807) is 0 Å². The molecule has 1 radical (unpaired) electrons. The number of carbonyl (C=O) groups excluding carboxylic acids is 1. The van der Waals surface area contributed by atoms with Crippen LogP contribution in [-0.4, -0.2) is 6.29 Å². The molecule has 0 aliphatic rings. The number of hydrogen-bond acceptors (Lipinski definition) is 1. The Morgan fingerprint density at radius 1 is 1.57 bits per heavy atom. The van der Waals surface area contributed by atoms with Gasteiger partial charge in [-0.1, -0.05) is 0 Å². The summed E-state index contributed by atoms with van der Waals surface area (Å²) in [5.74, 6) is 0. The minimum atomic E-state index is 0. The fraction of sp³-hybridized carbons (Fsp3) is 0. The Kier molecular flexibility index (Phi) is 93.9. The summed E-state index contributed by atoms with van der Waals surface area (Å²) in [5.41, 5.74) is 0. The van der Waals surface area contributed by atoms with Crippen LogP contribution in [-0.2, 0) is 60.7 Å².